The third kappa shape index (κ3) is 2.67. The normalized spacial score (nSPS) is 11.1. The standard InChI is InChI=1S/C15H22N2O/c1-4-8-18-12-6-7-15-13(9-12)14(10-16-5-2)11(3)17-15/h6-7,9,16-17H,4-5,8,10H2,1-3H3. The number of hydrogen-bond acceptors (Lipinski definition) is 2. The number of fused-ring (bicyclic) bond motifs is 1. The second kappa shape index (κ2) is 5.91. The summed E-state index contributed by atoms with van der Waals surface area (Å²) in [4.78, 5) is 3.42. The van der Waals surface area contributed by atoms with Crippen molar-refractivity contribution in [2.24, 2.45) is 0 Å². The van der Waals surface area contributed by atoms with E-state index in [1.54, 1.807) is 0 Å². The molecule has 2 aromatic rings. The number of nitrogens with one attached hydrogen (secondary N) is 2. The van der Waals surface area contributed by atoms with Gasteiger partial charge in [0.25, 0.3) is 0 Å². The van der Waals surface area contributed by atoms with Crippen molar-refractivity contribution in [3.63, 3.8) is 0 Å². The average molecular weight is 246 g/mol. The van der Waals surface area contributed by atoms with Crippen molar-refractivity contribution in [3.05, 3.63) is 29.5 Å². The van der Waals surface area contributed by atoms with Gasteiger partial charge < -0.3 is 15.0 Å². The van der Waals surface area contributed by atoms with E-state index in [-0.39, 0.29) is 0 Å². The number of aromatic amines is 1. The van der Waals surface area contributed by atoms with E-state index >= 15 is 0 Å². The van der Waals surface area contributed by atoms with Gasteiger partial charge in [-0.2, -0.15) is 0 Å². The summed E-state index contributed by atoms with van der Waals surface area (Å²) in [7, 11) is 0. The molecule has 0 amide bonds. The Hall–Kier alpha value is -1.48. The minimum Gasteiger partial charge on any atom is -0.494 e. The van der Waals surface area contributed by atoms with Gasteiger partial charge in [-0.3, -0.25) is 0 Å². The third-order valence-corrected chi connectivity index (χ3v) is 3.12. The lowest BCUT2D eigenvalue weighted by atomic mass is 10.1. The minimum absolute atomic E-state index is 0.775. The minimum atomic E-state index is 0.775. The van der Waals surface area contributed by atoms with E-state index in [2.05, 4.69) is 43.2 Å². The van der Waals surface area contributed by atoms with E-state index in [4.69, 9.17) is 4.74 Å². The van der Waals surface area contributed by atoms with Crippen LogP contribution in [0.5, 0.6) is 5.75 Å². The van der Waals surface area contributed by atoms with Crippen LogP contribution in [0.4, 0.5) is 0 Å². The lowest BCUT2D eigenvalue weighted by molar-refractivity contribution is 0.318. The molecule has 2 rings (SSSR count). The molecule has 1 aromatic carbocycles. The lowest BCUT2D eigenvalue weighted by Crippen LogP contribution is -2.12. The SMILES string of the molecule is CCCOc1ccc2[nH]c(C)c(CNCC)c2c1. The molecule has 0 radical (unpaired) electrons. The molecule has 3 heteroatoms. The molecule has 0 aliphatic carbocycles. The van der Waals surface area contributed by atoms with Crippen LogP contribution < -0.4 is 10.1 Å². The van der Waals surface area contributed by atoms with Gasteiger partial charge in [0.15, 0.2) is 0 Å². The second-order valence-electron chi connectivity index (χ2n) is 4.56. The molecular formula is C15H22N2O. The molecule has 0 saturated carbocycles. The van der Waals surface area contributed by atoms with Gasteiger partial charge in [0.1, 0.15) is 5.75 Å². The number of hydrogen-bond donors (Lipinski definition) is 2. The third-order valence-electron chi connectivity index (χ3n) is 3.12. The van der Waals surface area contributed by atoms with Crippen molar-refractivity contribution in [2.75, 3.05) is 13.2 Å². The van der Waals surface area contributed by atoms with Gasteiger partial charge in [-0.25, -0.2) is 0 Å². The van der Waals surface area contributed by atoms with Crippen LogP contribution in [0.2, 0.25) is 0 Å². The maximum Gasteiger partial charge on any atom is 0.120 e. The van der Waals surface area contributed by atoms with Crippen LogP contribution in [0.3, 0.4) is 0 Å². The van der Waals surface area contributed by atoms with Crippen LogP contribution in [0.15, 0.2) is 18.2 Å². The van der Waals surface area contributed by atoms with Crippen molar-refractivity contribution in [2.45, 2.75) is 33.7 Å². The molecule has 0 atom stereocenters. The predicted octanol–water partition coefficient (Wildman–Crippen LogP) is 3.37. The number of benzene rings is 1. The molecule has 3 nitrogen and oxygen atoms in total. The molecule has 0 bridgehead atoms. The quantitative estimate of drug-likeness (QED) is 0.820. The Labute approximate surface area is 109 Å². The first-order valence-corrected chi connectivity index (χ1v) is 6.71. The highest BCUT2D eigenvalue weighted by Crippen LogP contribution is 2.26. The monoisotopic (exact) mass is 246 g/mol. The number of aromatic nitrogens is 1. The topological polar surface area (TPSA) is 37.0 Å². The van der Waals surface area contributed by atoms with E-state index in [9.17, 15) is 0 Å². The summed E-state index contributed by atoms with van der Waals surface area (Å²) in [5, 5.41) is 4.65. The summed E-state index contributed by atoms with van der Waals surface area (Å²) in [6.45, 7) is 9.03. The van der Waals surface area contributed by atoms with Crippen LogP contribution in [0.1, 0.15) is 31.5 Å². The molecule has 1 aromatic heterocycles. The molecule has 98 valence electrons. The molecule has 0 spiro atoms. The Morgan fingerprint density at radius 3 is 2.83 bits per heavy atom. The molecule has 0 aliphatic rings. The van der Waals surface area contributed by atoms with Gasteiger partial charge in [0.05, 0.1) is 6.61 Å². The number of ether oxygens (including phenoxy) is 1. The van der Waals surface area contributed by atoms with Crippen molar-refractivity contribution >= 4 is 10.9 Å². The Bertz CT molecular complexity index is 516. The van der Waals surface area contributed by atoms with E-state index in [0.717, 1.165) is 31.9 Å². The Morgan fingerprint density at radius 1 is 1.28 bits per heavy atom. The first-order valence-electron chi connectivity index (χ1n) is 6.71. The van der Waals surface area contributed by atoms with Gasteiger partial charge >= 0.3 is 0 Å². The maximum absolute atomic E-state index is 5.70. The summed E-state index contributed by atoms with van der Waals surface area (Å²) in [6, 6.07) is 6.27. The van der Waals surface area contributed by atoms with Crippen molar-refractivity contribution in [1.82, 2.24) is 10.3 Å². The van der Waals surface area contributed by atoms with Gasteiger partial charge in [0, 0.05) is 23.1 Å². The number of rotatable bonds is 6. The molecule has 1 heterocycles. The predicted molar refractivity (Wildman–Crippen MR) is 76.2 cm³/mol. The van der Waals surface area contributed by atoms with E-state index in [1.807, 2.05) is 6.07 Å². The zero-order chi connectivity index (χ0) is 13.0. The van der Waals surface area contributed by atoms with E-state index in [1.165, 1.54) is 22.2 Å². The zero-order valence-electron chi connectivity index (χ0n) is 11.5. The van der Waals surface area contributed by atoms with Crippen LogP contribution in [-0.2, 0) is 6.54 Å². The smallest absolute Gasteiger partial charge is 0.120 e. The molecule has 0 unspecified atom stereocenters. The molecule has 0 saturated heterocycles. The van der Waals surface area contributed by atoms with Crippen LogP contribution in [0.25, 0.3) is 10.9 Å². The summed E-state index contributed by atoms with van der Waals surface area (Å²) in [6.07, 6.45) is 1.04. The summed E-state index contributed by atoms with van der Waals surface area (Å²) >= 11 is 0. The maximum atomic E-state index is 5.70. The van der Waals surface area contributed by atoms with Crippen LogP contribution >= 0.6 is 0 Å². The Morgan fingerprint density at radius 2 is 2.11 bits per heavy atom. The fourth-order valence-corrected chi connectivity index (χ4v) is 2.15. The van der Waals surface area contributed by atoms with Crippen molar-refractivity contribution < 1.29 is 4.74 Å². The second-order valence-corrected chi connectivity index (χ2v) is 4.56. The lowest BCUT2D eigenvalue weighted by Gasteiger charge is -2.06. The molecule has 18 heavy (non-hydrogen) atoms. The highest BCUT2D eigenvalue weighted by atomic mass is 16.5. The van der Waals surface area contributed by atoms with Crippen LogP contribution in [0, 0.1) is 6.92 Å². The highest BCUT2D eigenvalue weighted by Gasteiger charge is 2.08. The molecule has 0 fully saturated rings. The molecular weight excluding hydrogens is 224 g/mol. The van der Waals surface area contributed by atoms with E-state index in [0.29, 0.717) is 0 Å². The van der Waals surface area contributed by atoms with Gasteiger partial charge in [-0.15, -0.1) is 0 Å². The number of aryl methyl sites for hydroxylation is 1. The summed E-state index contributed by atoms with van der Waals surface area (Å²) < 4.78 is 5.70. The highest BCUT2D eigenvalue weighted by molar-refractivity contribution is 5.86. The van der Waals surface area contributed by atoms with E-state index < -0.39 is 0 Å². The van der Waals surface area contributed by atoms with Crippen LogP contribution in [-0.4, -0.2) is 18.1 Å². The first-order chi connectivity index (χ1) is 8.76. The van der Waals surface area contributed by atoms with Gasteiger partial charge in [-0.05, 0) is 43.7 Å². The Balaban J connectivity index is 2.33. The first kappa shape index (κ1) is 13.0. The number of H-pyrrole nitrogens is 1. The fraction of sp³-hybridized carbons (Fsp3) is 0.467. The Kier molecular flexibility index (Phi) is 4.26. The largest absolute Gasteiger partial charge is 0.494 e. The van der Waals surface area contributed by atoms with Gasteiger partial charge in [0.2, 0.25) is 0 Å². The zero-order valence-corrected chi connectivity index (χ0v) is 11.5. The van der Waals surface area contributed by atoms with Gasteiger partial charge in [-0.1, -0.05) is 13.8 Å². The average Bonchev–Trinajstić information content (AvgIpc) is 2.69. The summed E-state index contributed by atoms with van der Waals surface area (Å²) in [5.41, 5.74) is 3.76. The molecule has 2 N–H and O–H groups in total. The van der Waals surface area contributed by atoms with Crippen molar-refractivity contribution in [1.29, 1.82) is 0 Å². The summed E-state index contributed by atoms with van der Waals surface area (Å²) in [5.74, 6) is 0.959. The fourth-order valence-electron chi connectivity index (χ4n) is 2.15. The van der Waals surface area contributed by atoms with Crippen molar-refractivity contribution in [3.8, 4) is 5.75 Å². The molecule has 0 aliphatic heterocycles.